The number of benzene rings is 4. The maximum Gasteiger partial charge on any atom is 3.00 e. The zero-order valence-electron chi connectivity index (χ0n) is 43.6. The Hall–Kier alpha value is -7.23. The van der Waals surface area contributed by atoms with Crippen molar-refractivity contribution >= 4 is 24.9 Å². The summed E-state index contributed by atoms with van der Waals surface area (Å²) in [6.45, 7) is 0. The van der Waals surface area contributed by atoms with E-state index >= 15 is 0 Å². The van der Waals surface area contributed by atoms with Crippen LogP contribution in [0.15, 0.2) is 92.8 Å². The van der Waals surface area contributed by atoms with Crippen LogP contribution in [0.25, 0.3) is 0 Å². The topological polar surface area (TPSA) is 576 Å². The second-order valence-corrected chi connectivity index (χ2v) is 14.8. The molecular formula is C44H48Cu2N10O26Tb2. The van der Waals surface area contributed by atoms with Crippen molar-refractivity contribution < 1.29 is 181 Å². The Morgan fingerprint density at radius 3 is 0.619 bits per heavy atom. The van der Waals surface area contributed by atoms with Crippen molar-refractivity contribution in [2.45, 2.75) is 75.5 Å². The molecule has 0 amide bonds. The molecule has 470 valence electrons. The Bertz CT molecular complexity index is 2300. The van der Waals surface area contributed by atoms with E-state index in [1.165, 1.54) is 28.4 Å². The number of ether oxygens (including phenoxy) is 4. The fourth-order valence-electron chi connectivity index (χ4n) is 6.76. The molecule has 2 aliphatic rings. The van der Waals surface area contributed by atoms with Gasteiger partial charge in [-0.2, -0.15) is 0 Å². The average molecular weight is 1580 g/mol. The van der Waals surface area contributed by atoms with Crippen LogP contribution in [-0.4, -0.2) is 108 Å². The van der Waals surface area contributed by atoms with Crippen molar-refractivity contribution in [2.24, 2.45) is 20.0 Å². The molecule has 0 unspecified atom stereocenters. The Labute approximate surface area is 558 Å². The summed E-state index contributed by atoms with van der Waals surface area (Å²) in [7, 11) is 5.91. The van der Waals surface area contributed by atoms with Gasteiger partial charge in [0, 0.05) is 24.9 Å². The van der Waals surface area contributed by atoms with Gasteiger partial charge in [-0.15, -0.1) is 0 Å². The summed E-state index contributed by atoms with van der Waals surface area (Å²) in [5.74, 6) is 0.556. The Balaban J connectivity index is -0.000000253. The predicted molar refractivity (Wildman–Crippen MR) is 274 cm³/mol. The summed E-state index contributed by atoms with van der Waals surface area (Å²) < 4.78 is 20.3. The predicted octanol–water partition coefficient (Wildman–Crippen LogP) is 3.96. The molecule has 0 heterocycles. The molecule has 0 N–H and O–H groups in total. The van der Waals surface area contributed by atoms with Gasteiger partial charge < -0.3 is 131 Å². The van der Waals surface area contributed by atoms with Crippen molar-refractivity contribution in [3.05, 3.63) is 187 Å². The van der Waals surface area contributed by atoms with Gasteiger partial charge >= 0.3 is 111 Å². The molecule has 2 aliphatic carbocycles. The van der Waals surface area contributed by atoms with E-state index in [4.69, 9.17) is 111 Å². The molecule has 4 aromatic carbocycles. The van der Waals surface area contributed by atoms with E-state index in [2.05, 4.69) is 20.0 Å². The van der Waals surface area contributed by atoms with Crippen LogP contribution in [0, 0.1) is 169 Å². The molecule has 4 aromatic rings. The van der Waals surface area contributed by atoms with Gasteiger partial charge in [-0.05, 0) is 72.2 Å². The fourth-order valence-corrected chi connectivity index (χ4v) is 6.76. The Morgan fingerprint density at radius 2 is 0.488 bits per heavy atom. The van der Waals surface area contributed by atoms with Crippen LogP contribution in [0.3, 0.4) is 0 Å². The van der Waals surface area contributed by atoms with Crippen molar-refractivity contribution in [3.8, 4) is 46.0 Å². The van der Waals surface area contributed by atoms with Crippen LogP contribution < -0.4 is 39.4 Å². The second kappa shape index (κ2) is 51.4. The number of rotatable bonds is 12. The zero-order valence-corrected chi connectivity index (χ0v) is 49.7. The summed E-state index contributed by atoms with van der Waals surface area (Å²) in [4.78, 5) is 68.1. The van der Waals surface area contributed by atoms with Crippen LogP contribution in [0.2, 0.25) is 0 Å². The fraction of sp³-hybridized carbons (Fsp3) is 0.364. The number of hydrogen-bond acceptors (Lipinski definition) is 30. The maximum absolute atomic E-state index is 12.3. The normalized spacial score (nSPS) is 15.0. The first kappa shape index (κ1) is 88.0. The monoisotopic (exact) mass is 1580 g/mol. The molecule has 0 spiro atoms. The summed E-state index contributed by atoms with van der Waals surface area (Å²) in [5.41, 5.74) is 2.01. The van der Waals surface area contributed by atoms with Gasteiger partial charge in [0.25, 0.3) is 0 Å². The molecule has 0 aliphatic heterocycles. The summed E-state index contributed by atoms with van der Waals surface area (Å²) in [6.07, 6.45) is 14.4. The summed E-state index contributed by atoms with van der Waals surface area (Å²) >= 11 is 0. The molecule has 6 rings (SSSR count). The Kier molecular flexibility index (Phi) is 53.9. The molecule has 4 atom stereocenters. The van der Waals surface area contributed by atoms with E-state index in [1.54, 1.807) is 97.7 Å². The number of hydrogen-bond donors (Lipinski definition) is 0. The number of para-hydroxylation sites is 4. The van der Waals surface area contributed by atoms with Crippen molar-refractivity contribution in [3.63, 3.8) is 0 Å². The van der Waals surface area contributed by atoms with Gasteiger partial charge in [-0.25, -0.2) is 0 Å². The summed E-state index contributed by atoms with van der Waals surface area (Å²) in [5, 5.41) is 138. The first-order chi connectivity index (χ1) is 37.7. The van der Waals surface area contributed by atoms with Gasteiger partial charge in [0.15, 0.2) is 0 Å². The average Bonchev–Trinajstić information content (AvgIpc) is 3.37. The van der Waals surface area contributed by atoms with E-state index in [-0.39, 0.29) is 159 Å². The van der Waals surface area contributed by atoms with Crippen LogP contribution in [0.4, 0.5) is 0 Å². The molecule has 2 radical (unpaired) electrons. The first-order valence-corrected chi connectivity index (χ1v) is 22.0. The number of aliphatic imine (C=N–C) groups is 4. The smallest absolute Gasteiger partial charge is 0.870 e. The van der Waals surface area contributed by atoms with Crippen molar-refractivity contribution in [1.29, 1.82) is 0 Å². The van der Waals surface area contributed by atoms with E-state index in [0.717, 1.165) is 51.4 Å². The molecule has 40 heteroatoms. The van der Waals surface area contributed by atoms with E-state index < -0.39 is 30.5 Å². The molecule has 0 bridgehead atoms. The van der Waals surface area contributed by atoms with Gasteiger partial charge in [0.1, 0.15) is 23.0 Å². The zero-order chi connectivity index (χ0) is 61.3. The second-order valence-electron chi connectivity index (χ2n) is 14.8. The molecule has 84 heavy (non-hydrogen) atoms. The minimum Gasteiger partial charge on any atom is -0.870 e. The Morgan fingerprint density at radius 1 is 0.345 bits per heavy atom. The molecule has 0 aromatic heterocycles. The molecule has 36 nitrogen and oxygen atoms in total. The van der Waals surface area contributed by atoms with Gasteiger partial charge in [0.05, 0.1) is 83.1 Å². The summed E-state index contributed by atoms with van der Waals surface area (Å²) in [6, 6.07) is 20.5. The molecule has 0 saturated heterocycles. The van der Waals surface area contributed by atoms with Crippen molar-refractivity contribution in [1.82, 2.24) is 0 Å². The standard InChI is InChI=1S/2C22H26N2O4.2Cu.6NO3.2Tb/c2*1-27-19-11-5-7-15(21(19)25)13-23-17-9-3-4-10-18(17)24-14-16-8-6-12-20(28-2)22(16)26;;;6*2-1(3)4;;/h2*5-8,11-14,17-18,25-26H,3-4,9-10H2,1-2H3;;;;;;;;;;/q;;2*+2;6*-1;2*+3/p-4/t2*17-,18-;;;;;;;;;;/m11........../s1. The van der Waals surface area contributed by atoms with Crippen molar-refractivity contribution in [2.75, 3.05) is 28.4 Å². The minimum atomic E-state index is -1.75. The first-order valence-electron chi connectivity index (χ1n) is 22.0. The number of nitrogens with zero attached hydrogens (tertiary/aromatic N) is 10. The molecule has 2 fully saturated rings. The third kappa shape index (κ3) is 41.7. The van der Waals surface area contributed by atoms with Gasteiger partial charge in [-0.3, -0.25) is 20.0 Å². The molecule has 2 saturated carbocycles. The van der Waals surface area contributed by atoms with Crippen LogP contribution >= 0.6 is 0 Å². The third-order valence-electron chi connectivity index (χ3n) is 9.93. The van der Waals surface area contributed by atoms with Gasteiger partial charge in [-0.1, -0.05) is 97.2 Å². The number of methoxy groups -OCH3 is 4. The molecular weight excluding hydrogens is 1530 g/mol. The van der Waals surface area contributed by atoms with Crippen LogP contribution in [0.1, 0.15) is 73.6 Å². The van der Waals surface area contributed by atoms with E-state index in [0.29, 0.717) is 45.3 Å². The van der Waals surface area contributed by atoms with E-state index in [1.807, 2.05) is 0 Å². The van der Waals surface area contributed by atoms with E-state index in [9.17, 15) is 20.4 Å². The quantitative estimate of drug-likeness (QED) is 0.0838. The maximum atomic E-state index is 12.3. The minimum absolute atomic E-state index is 0. The SMILES string of the molecule is COc1cccc(C=N[C@@H]2CCCC[C@H]2N=Cc2cccc(OC)c2[O-])c1[O-].COc1cccc(C=N[C@@H]2CCCC[C@H]2N=Cc2cccc(OC)c2[O-])c1[O-].O=[N+]([O-])[O-].O=[N+]([O-])[O-].O=[N+]([O-])[O-].O=[N+]([O-])[O-].O=[N+]([O-])[O-].O=[N+]([O-])[O-].[Cu+2].[Cu+2].[Tb+3].[Tb+3]. The van der Waals surface area contributed by atoms with Crippen LogP contribution in [0.5, 0.6) is 46.0 Å². The van der Waals surface area contributed by atoms with Crippen LogP contribution in [-0.2, 0) is 34.1 Å². The largest absolute Gasteiger partial charge is 3.00 e. The third-order valence-corrected chi connectivity index (χ3v) is 9.93. The van der Waals surface area contributed by atoms with Gasteiger partial charge in [0.2, 0.25) is 0 Å².